The molecule has 1 aromatic carbocycles. The number of nitrogens with zero attached hydrogens (tertiary/aromatic N) is 2. The topological polar surface area (TPSA) is 94.6 Å². The zero-order chi connectivity index (χ0) is 15.7. The van der Waals surface area contributed by atoms with Crippen molar-refractivity contribution >= 4 is 5.69 Å². The predicted molar refractivity (Wildman–Crippen MR) is 78.1 cm³/mol. The molecule has 0 spiro atoms. The number of aromatic nitrogens is 1. The van der Waals surface area contributed by atoms with Gasteiger partial charge in [0.25, 0.3) is 11.2 Å². The van der Waals surface area contributed by atoms with Crippen molar-refractivity contribution < 1.29 is 14.8 Å². The number of pyridine rings is 1. The van der Waals surface area contributed by atoms with Crippen LogP contribution in [0.1, 0.15) is 18.0 Å². The van der Waals surface area contributed by atoms with Crippen LogP contribution in [-0.4, -0.2) is 27.3 Å². The van der Waals surface area contributed by atoms with Crippen LogP contribution in [0.25, 0.3) is 0 Å². The molecule has 2 heterocycles. The van der Waals surface area contributed by atoms with Gasteiger partial charge in [0.2, 0.25) is 0 Å². The summed E-state index contributed by atoms with van der Waals surface area (Å²) in [7, 11) is 0. The van der Waals surface area contributed by atoms with Crippen LogP contribution in [0.4, 0.5) is 5.69 Å². The summed E-state index contributed by atoms with van der Waals surface area (Å²) in [6, 6.07) is 8.65. The van der Waals surface area contributed by atoms with Gasteiger partial charge in [-0.15, -0.1) is 0 Å². The molecule has 1 aliphatic heterocycles. The zero-order valence-electron chi connectivity index (χ0n) is 11.6. The Morgan fingerprint density at radius 1 is 1.27 bits per heavy atom. The molecule has 0 aliphatic carbocycles. The van der Waals surface area contributed by atoms with E-state index in [9.17, 15) is 20.0 Å². The molecule has 7 nitrogen and oxygen atoms in total. The smallest absolute Gasteiger partial charge is 0.285 e. The van der Waals surface area contributed by atoms with Gasteiger partial charge in [0, 0.05) is 24.1 Å². The Hall–Kier alpha value is -2.67. The second-order valence-corrected chi connectivity index (χ2v) is 5.08. The molecule has 2 aromatic rings. The van der Waals surface area contributed by atoms with Gasteiger partial charge in [-0.2, -0.15) is 0 Å². The maximum atomic E-state index is 12.1. The standard InChI is InChI=1S/C15H14N2O5/c18-12-7-8-22-13-4-2-1-3-11(13)15(12)16-9-10(17(20)21)5-6-14(16)19/h1-6,9,12,15,18H,7-8H2. The molecular weight excluding hydrogens is 288 g/mol. The second kappa shape index (κ2) is 5.61. The Kier molecular flexibility index (Phi) is 3.64. The normalized spacial score (nSPS) is 20.6. The molecule has 0 fully saturated rings. The van der Waals surface area contributed by atoms with E-state index in [0.29, 0.717) is 24.3 Å². The molecule has 0 saturated carbocycles. The van der Waals surface area contributed by atoms with Gasteiger partial charge < -0.3 is 9.84 Å². The molecule has 2 unspecified atom stereocenters. The van der Waals surface area contributed by atoms with Crippen molar-refractivity contribution in [2.24, 2.45) is 0 Å². The van der Waals surface area contributed by atoms with E-state index in [2.05, 4.69) is 0 Å². The molecular formula is C15H14N2O5. The minimum absolute atomic E-state index is 0.200. The fourth-order valence-corrected chi connectivity index (χ4v) is 2.66. The number of aliphatic hydroxyl groups is 1. The maximum absolute atomic E-state index is 12.1. The molecule has 1 aliphatic rings. The molecule has 3 rings (SSSR count). The average molecular weight is 302 g/mol. The molecule has 22 heavy (non-hydrogen) atoms. The van der Waals surface area contributed by atoms with E-state index in [1.54, 1.807) is 24.3 Å². The summed E-state index contributed by atoms with van der Waals surface area (Å²) in [6.07, 6.45) is 0.621. The highest BCUT2D eigenvalue weighted by molar-refractivity contribution is 5.39. The quantitative estimate of drug-likeness (QED) is 0.670. The van der Waals surface area contributed by atoms with Gasteiger partial charge in [-0.25, -0.2) is 0 Å². The lowest BCUT2D eigenvalue weighted by Crippen LogP contribution is -2.32. The number of aliphatic hydroxyl groups excluding tert-OH is 1. The zero-order valence-corrected chi connectivity index (χ0v) is 11.6. The summed E-state index contributed by atoms with van der Waals surface area (Å²) < 4.78 is 6.78. The minimum Gasteiger partial charge on any atom is -0.493 e. The van der Waals surface area contributed by atoms with Gasteiger partial charge in [-0.1, -0.05) is 18.2 Å². The summed E-state index contributed by atoms with van der Waals surface area (Å²) in [5.74, 6) is 0.572. The molecule has 0 bridgehead atoms. The summed E-state index contributed by atoms with van der Waals surface area (Å²) in [5, 5.41) is 21.3. The Morgan fingerprint density at radius 3 is 2.82 bits per heavy atom. The summed E-state index contributed by atoms with van der Waals surface area (Å²) in [5.41, 5.74) is 0.0240. The van der Waals surface area contributed by atoms with E-state index >= 15 is 0 Å². The molecule has 114 valence electrons. The Labute approximate surface area is 125 Å². The SMILES string of the molecule is O=c1ccc([N+](=O)[O-])cn1C1c2ccccc2OCCC1O. The van der Waals surface area contributed by atoms with E-state index in [1.165, 1.54) is 10.8 Å². The number of nitro groups is 1. The van der Waals surface area contributed by atoms with Crippen LogP contribution >= 0.6 is 0 Å². The Morgan fingerprint density at radius 2 is 2.05 bits per heavy atom. The van der Waals surface area contributed by atoms with E-state index in [-0.39, 0.29) is 5.69 Å². The first kappa shape index (κ1) is 14.3. The van der Waals surface area contributed by atoms with Gasteiger partial charge in [0.15, 0.2) is 0 Å². The number of fused-ring (bicyclic) bond motifs is 1. The van der Waals surface area contributed by atoms with Crippen LogP contribution < -0.4 is 10.3 Å². The van der Waals surface area contributed by atoms with Gasteiger partial charge in [0.1, 0.15) is 5.75 Å². The number of rotatable bonds is 2. The molecule has 0 saturated heterocycles. The summed E-state index contributed by atoms with van der Waals surface area (Å²) >= 11 is 0. The summed E-state index contributed by atoms with van der Waals surface area (Å²) in [4.78, 5) is 22.5. The van der Waals surface area contributed by atoms with E-state index in [1.807, 2.05) is 0 Å². The third kappa shape index (κ3) is 2.46. The summed E-state index contributed by atoms with van der Waals surface area (Å²) in [6.45, 7) is 0.318. The molecule has 2 atom stereocenters. The van der Waals surface area contributed by atoms with Crippen LogP contribution in [0.15, 0.2) is 47.4 Å². The average Bonchev–Trinajstić information content (AvgIpc) is 2.66. The van der Waals surface area contributed by atoms with Gasteiger partial charge in [-0.3, -0.25) is 19.5 Å². The highest BCUT2D eigenvalue weighted by Gasteiger charge is 2.30. The van der Waals surface area contributed by atoms with Crippen LogP contribution in [0.3, 0.4) is 0 Å². The first-order valence-electron chi connectivity index (χ1n) is 6.84. The van der Waals surface area contributed by atoms with Crippen molar-refractivity contribution in [3.63, 3.8) is 0 Å². The molecule has 0 radical (unpaired) electrons. The van der Waals surface area contributed by atoms with Crippen LogP contribution in [0, 0.1) is 10.1 Å². The van der Waals surface area contributed by atoms with Crippen molar-refractivity contribution in [1.82, 2.24) is 4.57 Å². The van der Waals surface area contributed by atoms with Crippen molar-refractivity contribution in [2.45, 2.75) is 18.6 Å². The second-order valence-electron chi connectivity index (χ2n) is 5.08. The van der Waals surface area contributed by atoms with E-state index < -0.39 is 22.6 Å². The Balaban J connectivity index is 2.19. The lowest BCUT2D eigenvalue weighted by Gasteiger charge is -2.23. The monoisotopic (exact) mass is 302 g/mol. The van der Waals surface area contributed by atoms with Gasteiger partial charge in [0.05, 0.1) is 29.9 Å². The fourth-order valence-electron chi connectivity index (χ4n) is 2.66. The van der Waals surface area contributed by atoms with Crippen molar-refractivity contribution in [3.05, 3.63) is 68.6 Å². The van der Waals surface area contributed by atoms with Crippen LogP contribution in [0.5, 0.6) is 5.75 Å². The minimum atomic E-state index is -0.872. The number of hydrogen-bond donors (Lipinski definition) is 1. The predicted octanol–water partition coefficient (Wildman–Crippen LogP) is 1.49. The number of para-hydroxylation sites is 1. The first-order valence-corrected chi connectivity index (χ1v) is 6.84. The number of ether oxygens (including phenoxy) is 1. The molecule has 7 heteroatoms. The lowest BCUT2D eigenvalue weighted by molar-refractivity contribution is -0.385. The first-order chi connectivity index (χ1) is 10.6. The largest absolute Gasteiger partial charge is 0.493 e. The Bertz CT molecular complexity index is 771. The molecule has 0 amide bonds. The highest BCUT2D eigenvalue weighted by Crippen LogP contribution is 2.34. The van der Waals surface area contributed by atoms with Gasteiger partial charge >= 0.3 is 0 Å². The van der Waals surface area contributed by atoms with Crippen molar-refractivity contribution in [1.29, 1.82) is 0 Å². The number of benzene rings is 1. The molecule has 1 N–H and O–H groups in total. The maximum Gasteiger partial charge on any atom is 0.285 e. The third-order valence-corrected chi connectivity index (χ3v) is 3.71. The fraction of sp³-hybridized carbons (Fsp3) is 0.267. The number of hydrogen-bond acceptors (Lipinski definition) is 5. The van der Waals surface area contributed by atoms with Gasteiger partial charge in [-0.05, 0) is 6.07 Å². The van der Waals surface area contributed by atoms with Crippen LogP contribution in [0.2, 0.25) is 0 Å². The highest BCUT2D eigenvalue weighted by atomic mass is 16.6. The molecule has 1 aromatic heterocycles. The van der Waals surface area contributed by atoms with Crippen molar-refractivity contribution in [2.75, 3.05) is 6.61 Å². The van der Waals surface area contributed by atoms with Crippen LogP contribution in [-0.2, 0) is 0 Å². The third-order valence-electron chi connectivity index (χ3n) is 3.71. The van der Waals surface area contributed by atoms with E-state index in [4.69, 9.17) is 4.74 Å². The van der Waals surface area contributed by atoms with E-state index in [0.717, 1.165) is 12.1 Å². The van der Waals surface area contributed by atoms with Crippen molar-refractivity contribution in [3.8, 4) is 5.75 Å². The lowest BCUT2D eigenvalue weighted by atomic mass is 9.99.